The quantitative estimate of drug-likeness (QED) is 0.403. The Morgan fingerprint density at radius 3 is 2.80 bits per heavy atom. The number of aromatic nitrogens is 1. The lowest BCUT2D eigenvalue weighted by molar-refractivity contribution is -0.133. The van der Waals surface area contributed by atoms with E-state index in [1.807, 2.05) is 43.1 Å². The Bertz CT molecular complexity index is 1330. The van der Waals surface area contributed by atoms with Crippen LogP contribution in [0.4, 0.5) is 4.79 Å². The van der Waals surface area contributed by atoms with Gasteiger partial charge in [0.15, 0.2) is 0 Å². The molecule has 0 bridgehead atoms. The molecule has 1 fully saturated rings. The highest BCUT2D eigenvalue weighted by molar-refractivity contribution is 6.08. The number of rotatable bonds is 7. The first-order chi connectivity index (χ1) is 16.8. The van der Waals surface area contributed by atoms with Crippen molar-refractivity contribution in [2.24, 2.45) is 0 Å². The number of amides is 3. The standard InChI is InChI=1S/C27H30N4O4/c1-5-11-29(3)12-13-30-25(33)27(2)16-21-20-15-19(35-4)9-10-22(20)28-23(21)24(31(27)26(30)34)17-7-6-8-18(32)14-17/h5-10,14-15,24,28,32H,1,11-13,16H2,2-4H3/t24-,27+/m1/s1. The molecule has 2 atom stereocenters. The molecule has 2 N–H and O–H groups in total. The number of carbonyl (C=O) groups is 2. The van der Waals surface area contributed by atoms with Gasteiger partial charge in [0.05, 0.1) is 7.11 Å². The van der Waals surface area contributed by atoms with Crippen LogP contribution in [-0.2, 0) is 11.2 Å². The molecule has 0 unspecified atom stereocenters. The molecule has 0 saturated carbocycles. The smallest absolute Gasteiger partial charge is 0.328 e. The fraction of sp³-hybridized carbons (Fsp3) is 0.333. The Labute approximate surface area is 204 Å². The number of carbonyl (C=O) groups excluding carboxylic acids is 2. The summed E-state index contributed by atoms with van der Waals surface area (Å²) in [5, 5.41) is 11.2. The number of nitrogens with one attached hydrogen (secondary N) is 1. The Morgan fingerprint density at radius 2 is 2.09 bits per heavy atom. The van der Waals surface area contributed by atoms with E-state index >= 15 is 0 Å². The van der Waals surface area contributed by atoms with E-state index in [-0.39, 0.29) is 17.7 Å². The van der Waals surface area contributed by atoms with Crippen LogP contribution in [-0.4, -0.2) is 76.1 Å². The number of imide groups is 1. The maximum absolute atomic E-state index is 13.8. The van der Waals surface area contributed by atoms with Crippen LogP contribution in [0.15, 0.2) is 55.1 Å². The average Bonchev–Trinajstić information content (AvgIpc) is 3.28. The lowest BCUT2D eigenvalue weighted by Gasteiger charge is -2.42. The normalized spacial score (nSPS) is 21.5. The number of hydrogen-bond donors (Lipinski definition) is 2. The topological polar surface area (TPSA) is 89.1 Å². The number of aromatic hydroxyl groups is 1. The van der Waals surface area contributed by atoms with Gasteiger partial charge in [0.25, 0.3) is 5.91 Å². The van der Waals surface area contributed by atoms with Crippen LogP contribution in [0.1, 0.15) is 29.8 Å². The van der Waals surface area contributed by atoms with Gasteiger partial charge >= 0.3 is 6.03 Å². The van der Waals surface area contributed by atoms with Crippen LogP contribution >= 0.6 is 0 Å². The number of phenols is 1. The summed E-state index contributed by atoms with van der Waals surface area (Å²) in [5.41, 5.74) is 2.42. The summed E-state index contributed by atoms with van der Waals surface area (Å²) < 4.78 is 5.45. The molecule has 1 saturated heterocycles. The molecule has 2 aliphatic rings. The molecule has 2 aliphatic heterocycles. The van der Waals surface area contributed by atoms with E-state index in [2.05, 4.69) is 11.6 Å². The number of methoxy groups -OCH3 is 1. The van der Waals surface area contributed by atoms with Crippen molar-refractivity contribution in [3.05, 3.63) is 71.9 Å². The third-order valence-electron chi connectivity index (χ3n) is 7.21. The van der Waals surface area contributed by atoms with Crippen LogP contribution in [0, 0.1) is 0 Å². The van der Waals surface area contributed by atoms with Crippen molar-refractivity contribution >= 4 is 22.8 Å². The molecule has 0 spiro atoms. The summed E-state index contributed by atoms with van der Waals surface area (Å²) in [6.07, 6.45) is 2.18. The number of hydrogen-bond acceptors (Lipinski definition) is 5. The monoisotopic (exact) mass is 474 g/mol. The van der Waals surface area contributed by atoms with Crippen LogP contribution in [0.25, 0.3) is 10.9 Å². The van der Waals surface area contributed by atoms with Gasteiger partial charge < -0.3 is 19.7 Å². The number of likely N-dealkylation sites (N-methyl/N-ethyl adjacent to an activating group) is 1. The van der Waals surface area contributed by atoms with Crippen molar-refractivity contribution in [2.45, 2.75) is 24.9 Å². The summed E-state index contributed by atoms with van der Waals surface area (Å²) in [6, 6.07) is 11.8. The number of benzene rings is 2. The third-order valence-corrected chi connectivity index (χ3v) is 7.21. The number of urea groups is 1. The molecule has 182 valence electrons. The zero-order valence-corrected chi connectivity index (χ0v) is 20.2. The van der Waals surface area contributed by atoms with Gasteiger partial charge in [-0.1, -0.05) is 18.2 Å². The van der Waals surface area contributed by atoms with Crippen molar-refractivity contribution in [3.63, 3.8) is 0 Å². The Balaban J connectivity index is 1.65. The van der Waals surface area contributed by atoms with Crippen molar-refractivity contribution in [1.82, 2.24) is 19.7 Å². The van der Waals surface area contributed by atoms with Crippen LogP contribution in [0.5, 0.6) is 11.5 Å². The number of fused-ring (bicyclic) bond motifs is 4. The molecule has 35 heavy (non-hydrogen) atoms. The Morgan fingerprint density at radius 1 is 1.29 bits per heavy atom. The van der Waals surface area contributed by atoms with Gasteiger partial charge in [-0.3, -0.25) is 14.6 Å². The lowest BCUT2D eigenvalue weighted by atomic mass is 9.81. The van der Waals surface area contributed by atoms with Gasteiger partial charge in [0.2, 0.25) is 0 Å². The Hall–Kier alpha value is -3.78. The predicted molar refractivity (Wildman–Crippen MR) is 134 cm³/mol. The zero-order valence-electron chi connectivity index (χ0n) is 20.2. The molecular formula is C27H30N4O4. The molecule has 3 aromatic rings. The van der Waals surface area contributed by atoms with Crippen LogP contribution in [0.2, 0.25) is 0 Å². The SMILES string of the molecule is C=CCN(C)CCN1C(=O)N2[C@H](c3cccc(O)c3)c3[nH]c4ccc(OC)cc4c3C[C@@]2(C)C1=O. The molecule has 5 rings (SSSR count). The molecule has 0 radical (unpaired) electrons. The van der Waals surface area contributed by atoms with E-state index < -0.39 is 11.6 Å². The molecule has 2 aromatic carbocycles. The Kier molecular flexibility index (Phi) is 5.56. The summed E-state index contributed by atoms with van der Waals surface area (Å²) in [7, 11) is 3.56. The summed E-state index contributed by atoms with van der Waals surface area (Å²) in [5.74, 6) is 0.624. The van der Waals surface area contributed by atoms with Gasteiger partial charge in [-0.05, 0) is 55.4 Å². The van der Waals surface area contributed by atoms with Crippen molar-refractivity contribution in [1.29, 1.82) is 0 Å². The highest BCUT2D eigenvalue weighted by Crippen LogP contribution is 2.49. The average molecular weight is 475 g/mol. The number of ether oxygens (including phenoxy) is 1. The van der Waals surface area contributed by atoms with E-state index in [4.69, 9.17) is 4.74 Å². The highest BCUT2D eigenvalue weighted by atomic mass is 16.5. The van der Waals surface area contributed by atoms with E-state index in [0.29, 0.717) is 26.1 Å². The molecule has 8 heteroatoms. The molecule has 8 nitrogen and oxygen atoms in total. The molecular weight excluding hydrogens is 444 g/mol. The maximum atomic E-state index is 13.8. The first-order valence-corrected chi connectivity index (χ1v) is 11.7. The first kappa shape index (κ1) is 23.0. The zero-order chi connectivity index (χ0) is 24.9. The van der Waals surface area contributed by atoms with Gasteiger partial charge in [-0.25, -0.2) is 4.79 Å². The molecule has 0 aliphatic carbocycles. The van der Waals surface area contributed by atoms with Crippen LogP contribution in [0.3, 0.4) is 0 Å². The number of aromatic amines is 1. The summed E-state index contributed by atoms with van der Waals surface area (Å²) in [4.78, 5) is 36.2. The highest BCUT2D eigenvalue weighted by Gasteiger charge is 2.60. The summed E-state index contributed by atoms with van der Waals surface area (Å²) in [6.45, 7) is 7.11. The van der Waals surface area contributed by atoms with Crippen molar-refractivity contribution in [3.8, 4) is 11.5 Å². The third kappa shape index (κ3) is 3.56. The number of nitrogens with zero attached hydrogens (tertiary/aromatic N) is 3. The number of phenolic OH excluding ortho intramolecular Hbond substituents is 1. The minimum Gasteiger partial charge on any atom is -0.508 e. The minimum atomic E-state index is -1.06. The van der Waals surface area contributed by atoms with Crippen molar-refractivity contribution < 1.29 is 19.4 Å². The van der Waals surface area contributed by atoms with E-state index in [1.54, 1.807) is 36.3 Å². The minimum absolute atomic E-state index is 0.106. The first-order valence-electron chi connectivity index (χ1n) is 11.7. The van der Waals surface area contributed by atoms with E-state index in [1.165, 1.54) is 4.90 Å². The second kappa shape index (κ2) is 8.46. The van der Waals surface area contributed by atoms with Gasteiger partial charge in [0.1, 0.15) is 23.1 Å². The second-order valence-electron chi connectivity index (χ2n) is 9.54. The second-order valence-corrected chi connectivity index (χ2v) is 9.54. The molecule has 3 heterocycles. The predicted octanol–water partition coefficient (Wildman–Crippen LogP) is 3.67. The lowest BCUT2D eigenvalue weighted by Crippen LogP contribution is -2.53. The fourth-order valence-corrected chi connectivity index (χ4v) is 5.44. The van der Waals surface area contributed by atoms with E-state index in [9.17, 15) is 14.7 Å². The van der Waals surface area contributed by atoms with Gasteiger partial charge in [-0.2, -0.15) is 0 Å². The molecule has 3 amide bonds. The van der Waals surface area contributed by atoms with Gasteiger partial charge in [0, 0.05) is 42.7 Å². The molecule has 1 aromatic heterocycles. The number of H-pyrrole nitrogens is 1. The largest absolute Gasteiger partial charge is 0.508 e. The maximum Gasteiger partial charge on any atom is 0.328 e. The van der Waals surface area contributed by atoms with Crippen LogP contribution < -0.4 is 4.74 Å². The summed E-state index contributed by atoms with van der Waals surface area (Å²) >= 11 is 0. The fourth-order valence-electron chi connectivity index (χ4n) is 5.44. The van der Waals surface area contributed by atoms with E-state index in [0.717, 1.165) is 33.5 Å². The van der Waals surface area contributed by atoms with Crippen molar-refractivity contribution in [2.75, 3.05) is 33.8 Å². The van der Waals surface area contributed by atoms with Gasteiger partial charge in [-0.15, -0.1) is 6.58 Å².